The number of nitrogens with one attached hydrogen (secondary N) is 1. The first-order valence-corrected chi connectivity index (χ1v) is 9.64. The zero-order valence-electron chi connectivity index (χ0n) is 15.6. The fraction of sp³-hybridized carbons (Fsp3) is 0.947. The highest BCUT2D eigenvalue weighted by Gasteiger charge is 2.33. The average Bonchev–Trinajstić information content (AvgIpc) is 2.77. The molecule has 2 rings (SSSR count). The van der Waals surface area contributed by atoms with Gasteiger partial charge >= 0.3 is 0 Å². The van der Waals surface area contributed by atoms with Crippen molar-refractivity contribution >= 4 is 5.91 Å². The van der Waals surface area contributed by atoms with Crippen molar-refractivity contribution in [3.05, 3.63) is 0 Å². The van der Waals surface area contributed by atoms with Gasteiger partial charge in [-0.05, 0) is 65.7 Å². The van der Waals surface area contributed by atoms with Crippen LogP contribution in [0.3, 0.4) is 0 Å². The summed E-state index contributed by atoms with van der Waals surface area (Å²) in [5, 5.41) is 3.26. The Hall–Kier alpha value is -0.610. The van der Waals surface area contributed by atoms with Crippen LogP contribution in [0.15, 0.2) is 0 Å². The van der Waals surface area contributed by atoms with E-state index < -0.39 is 0 Å². The van der Waals surface area contributed by atoms with E-state index in [2.05, 4.69) is 36.3 Å². The molecule has 1 amide bonds. The topological polar surface area (TPSA) is 35.6 Å². The minimum Gasteiger partial charge on any atom is -0.354 e. The molecule has 0 bridgehead atoms. The molecule has 0 aromatic heterocycles. The van der Waals surface area contributed by atoms with Gasteiger partial charge in [-0.25, -0.2) is 0 Å². The SMILES string of the molecule is CN1CCCC(CCC(=O)NCC2(N(C)C)CCCCCC2)C1. The maximum atomic E-state index is 12.3. The molecule has 4 nitrogen and oxygen atoms in total. The maximum Gasteiger partial charge on any atom is 0.220 e. The summed E-state index contributed by atoms with van der Waals surface area (Å²) in [4.78, 5) is 17.1. The number of rotatable bonds is 6. The van der Waals surface area contributed by atoms with Gasteiger partial charge in [0.15, 0.2) is 0 Å². The van der Waals surface area contributed by atoms with E-state index in [1.807, 2.05) is 0 Å². The van der Waals surface area contributed by atoms with E-state index in [1.165, 1.54) is 57.9 Å². The summed E-state index contributed by atoms with van der Waals surface area (Å²) in [6.07, 6.45) is 12.0. The van der Waals surface area contributed by atoms with Gasteiger partial charge in [0, 0.05) is 25.0 Å². The molecule has 134 valence electrons. The molecule has 0 aromatic carbocycles. The maximum absolute atomic E-state index is 12.3. The lowest BCUT2D eigenvalue weighted by Gasteiger charge is -2.39. The molecule has 1 aliphatic heterocycles. The van der Waals surface area contributed by atoms with E-state index in [-0.39, 0.29) is 11.4 Å². The summed E-state index contributed by atoms with van der Waals surface area (Å²) >= 11 is 0. The van der Waals surface area contributed by atoms with Crippen LogP contribution in [0.1, 0.15) is 64.2 Å². The van der Waals surface area contributed by atoms with Gasteiger partial charge in [-0.1, -0.05) is 25.7 Å². The van der Waals surface area contributed by atoms with Gasteiger partial charge in [0.05, 0.1) is 0 Å². The summed E-state index contributed by atoms with van der Waals surface area (Å²) in [6, 6.07) is 0. The Morgan fingerprint density at radius 2 is 1.87 bits per heavy atom. The zero-order chi connectivity index (χ0) is 16.7. The predicted molar refractivity (Wildman–Crippen MR) is 96.6 cm³/mol. The zero-order valence-corrected chi connectivity index (χ0v) is 15.6. The molecular formula is C19H37N3O. The quantitative estimate of drug-likeness (QED) is 0.764. The Bertz CT molecular complexity index is 362. The van der Waals surface area contributed by atoms with Crippen LogP contribution < -0.4 is 5.32 Å². The lowest BCUT2D eigenvalue weighted by molar-refractivity contribution is -0.122. The molecule has 4 heteroatoms. The van der Waals surface area contributed by atoms with Crippen LogP contribution in [-0.4, -0.2) is 62.0 Å². The molecule has 2 fully saturated rings. The summed E-state index contributed by atoms with van der Waals surface area (Å²) in [5.41, 5.74) is 0.178. The lowest BCUT2D eigenvalue weighted by Crippen LogP contribution is -2.52. The second-order valence-corrected chi connectivity index (χ2v) is 8.12. The molecule has 2 aliphatic rings. The van der Waals surface area contributed by atoms with Crippen molar-refractivity contribution in [3.63, 3.8) is 0 Å². The van der Waals surface area contributed by atoms with E-state index in [1.54, 1.807) is 0 Å². The molecule has 0 aromatic rings. The first kappa shape index (κ1) is 18.7. The van der Waals surface area contributed by atoms with Crippen molar-refractivity contribution in [1.82, 2.24) is 15.1 Å². The van der Waals surface area contributed by atoms with Gasteiger partial charge in [0.2, 0.25) is 5.91 Å². The number of likely N-dealkylation sites (tertiary alicyclic amines) is 1. The molecule has 1 saturated heterocycles. The van der Waals surface area contributed by atoms with Crippen molar-refractivity contribution in [1.29, 1.82) is 0 Å². The summed E-state index contributed by atoms with van der Waals surface area (Å²) in [6.45, 7) is 3.20. The Morgan fingerprint density at radius 1 is 1.17 bits per heavy atom. The first-order valence-electron chi connectivity index (χ1n) is 9.64. The molecule has 1 aliphatic carbocycles. The molecule has 1 saturated carbocycles. The van der Waals surface area contributed by atoms with Crippen LogP contribution in [0.4, 0.5) is 0 Å². The highest BCUT2D eigenvalue weighted by atomic mass is 16.1. The number of hydrogen-bond donors (Lipinski definition) is 1. The minimum atomic E-state index is 0.178. The van der Waals surface area contributed by atoms with E-state index in [0.717, 1.165) is 19.5 Å². The summed E-state index contributed by atoms with van der Waals surface area (Å²) in [7, 11) is 6.55. The van der Waals surface area contributed by atoms with Crippen LogP contribution in [0, 0.1) is 5.92 Å². The number of hydrogen-bond acceptors (Lipinski definition) is 3. The van der Waals surface area contributed by atoms with Crippen molar-refractivity contribution in [2.45, 2.75) is 69.7 Å². The molecule has 1 N–H and O–H groups in total. The van der Waals surface area contributed by atoms with Crippen LogP contribution in [0.2, 0.25) is 0 Å². The Balaban J connectivity index is 1.75. The van der Waals surface area contributed by atoms with Gasteiger partial charge < -0.3 is 15.1 Å². The number of nitrogens with zero attached hydrogens (tertiary/aromatic N) is 2. The average molecular weight is 324 g/mol. The highest BCUT2D eigenvalue weighted by molar-refractivity contribution is 5.75. The van der Waals surface area contributed by atoms with Crippen molar-refractivity contribution in [3.8, 4) is 0 Å². The van der Waals surface area contributed by atoms with Crippen molar-refractivity contribution in [2.75, 3.05) is 40.8 Å². The molecule has 0 spiro atoms. The van der Waals surface area contributed by atoms with E-state index >= 15 is 0 Å². The largest absolute Gasteiger partial charge is 0.354 e. The van der Waals surface area contributed by atoms with Crippen molar-refractivity contribution < 1.29 is 4.79 Å². The fourth-order valence-corrected chi connectivity index (χ4v) is 4.36. The Morgan fingerprint density at radius 3 is 2.48 bits per heavy atom. The normalized spacial score (nSPS) is 26.0. The first-order chi connectivity index (χ1) is 11.0. The predicted octanol–water partition coefficient (Wildman–Crippen LogP) is 2.88. The third-order valence-corrected chi connectivity index (χ3v) is 6.10. The summed E-state index contributed by atoms with van der Waals surface area (Å²) in [5.74, 6) is 0.962. The highest BCUT2D eigenvalue weighted by Crippen LogP contribution is 2.30. The number of amides is 1. The summed E-state index contributed by atoms with van der Waals surface area (Å²) < 4.78 is 0. The van der Waals surface area contributed by atoms with Crippen LogP contribution >= 0.6 is 0 Å². The van der Waals surface area contributed by atoms with Gasteiger partial charge in [0.1, 0.15) is 0 Å². The Kier molecular flexibility index (Phi) is 7.35. The second-order valence-electron chi connectivity index (χ2n) is 8.12. The molecule has 1 unspecified atom stereocenters. The van der Waals surface area contributed by atoms with Crippen LogP contribution in [0.25, 0.3) is 0 Å². The van der Waals surface area contributed by atoms with Gasteiger partial charge in [-0.2, -0.15) is 0 Å². The molecule has 1 atom stereocenters. The molecule has 23 heavy (non-hydrogen) atoms. The number of carbonyl (C=O) groups excluding carboxylic acids is 1. The van der Waals surface area contributed by atoms with Gasteiger partial charge in [0.25, 0.3) is 0 Å². The Labute approximate surface area is 143 Å². The number of piperidine rings is 1. The minimum absolute atomic E-state index is 0.178. The third-order valence-electron chi connectivity index (χ3n) is 6.10. The van der Waals surface area contributed by atoms with E-state index in [9.17, 15) is 4.79 Å². The smallest absolute Gasteiger partial charge is 0.220 e. The molecular weight excluding hydrogens is 286 g/mol. The monoisotopic (exact) mass is 323 g/mol. The molecule has 1 heterocycles. The third kappa shape index (κ3) is 5.75. The van der Waals surface area contributed by atoms with Gasteiger partial charge in [-0.3, -0.25) is 4.79 Å². The molecule has 0 radical (unpaired) electrons. The van der Waals surface area contributed by atoms with E-state index in [4.69, 9.17) is 0 Å². The van der Waals surface area contributed by atoms with Crippen molar-refractivity contribution in [2.24, 2.45) is 5.92 Å². The van der Waals surface area contributed by atoms with E-state index in [0.29, 0.717) is 12.3 Å². The van der Waals surface area contributed by atoms with Crippen LogP contribution in [-0.2, 0) is 4.79 Å². The van der Waals surface area contributed by atoms with Gasteiger partial charge in [-0.15, -0.1) is 0 Å². The standard InChI is InChI=1S/C19H37N3O/c1-21(2)19(12-6-4-5-7-13-19)16-20-18(23)11-10-17-9-8-14-22(3)15-17/h17H,4-16H2,1-3H3,(H,20,23). The van der Waals surface area contributed by atoms with Crippen LogP contribution in [0.5, 0.6) is 0 Å². The number of carbonyl (C=O) groups is 1. The fourth-order valence-electron chi connectivity index (χ4n) is 4.36. The lowest BCUT2D eigenvalue weighted by atomic mass is 9.88. The second kappa shape index (κ2) is 9.03. The number of likely N-dealkylation sites (N-methyl/N-ethyl adjacent to an activating group) is 1.